The molecule has 0 aliphatic heterocycles. The van der Waals surface area contributed by atoms with E-state index >= 15 is 4.39 Å². The van der Waals surface area contributed by atoms with Gasteiger partial charge >= 0.3 is 11.9 Å². The van der Waals surface area contributed by atoms with Crippen LogP contribution in [-0.4, -0.2) is 22.2 Å². The molecule has 2 aromatic carbocycles. The van der Waals surface area contributed by atoms with Crippen molar-refractivity contribution in [3.05, 3.63) is 58.2 Å². The van der Waals surface area contributed by atoms with Crippen LogP contribution in [0.2, 0.25) is 0 Å². The number of hydrogen-bond acceptors (Lipinski definition) is 2. The first-order chi connectivity index (χ1) is 11.8. The van der Waals surface area contributed by atoms with Gasteiger partial charge in [-0.1, -0.05) is 32.0 Å². The van der Waals surface area contributed by atoms with Gasteiger partial charge in [0.1, 0.15) is 11.6 Å². The summed E-state index contributed by atoms with van der Waals surface area (Å²) in [5, 5.41) is 19.5. The van der Waals surface area contributed by atoms with E-state index < -0.39 is 40.1 Å². The molecule has 0 heterocycles. The Morgan fingerprint density at radius 3 is 2.16 bits per heavy atom. The van der Waals surface area contributed by atoms with Crippen LogP contribution in [0, 0.1) is 11.6 Å². The summed E-state index contributed by atoms with van der Waals surface area (Å²) in [6.45, 7) is 3.53. The highest BCUT2D eigenvalue weighted by atomic mass is 19.1. The standard InChI is InChI=1S/C19H16F2O4/c1-3-9-8-12-11-6-5-7-13(20)14(11)19(17(22)23,18(24)25)15(12)16(21)10(9)4-2/h5-8H,3-4H2,1-2H3,(H,22,23)(H,24,25). The molecule has 130 valence electrons. The summed E-state index contributed by atoms with van der Waals surface area (Å²) < 4.78 is 29.8. The van der Waals surface area contributed by atoms with E-state index in [9.17, 15) is 24.2 Å². The molecule has 2 aromatic rings. The number of carboxylic acids is 2. The zero-order chi connectivity index (χ0) is 18.5. The third kappa shape index (κ3) is 1.97. The Hall–Kier alpha value is -2.76. The van der Waals surface area contributed by atoms with E-state index in [4.69, 9.17) is 0 Å². The molecule has 0 bridgehead atoms. The number of aliphatic carboxylic acids is 2. The molecule has 0 fully saturated rings. The second kappa shape index (κ2) is 5.65. The molecule has 0 aromatic heterocycles. The molecule has 0 saturated heterocycles. The van der Waals surface area contributed by atoms with Crippen LogP contribution in [0.1, 0.15) is 36.1 Å². The SMILES string of the molecule is CCc1cc2c(c(F)c1CC)C(C(=O)O)(C(=O)O)c1c(F)cccc1-2. The van der Waals surface area contributed by atoms with Crippen molar-refractivity contribution in [2.75, 3.05) is 0 Å². The second-order valence-corrected chi connectivity index (χ2v) is 5.98. The first-order valence-corrected chi connectivity index (χ1v) is 7.93. The van der Waals surface area contributed by atoms with Crippen LogP contribution >= 0.6 is 0 Å². The largest absolute Gasteiger partial charge is 0.480 e. The van der Waals surface area contributed by atoms with Crippen LogP contribution in [0.3, 0.4) is 0 Å². The third-order valence-electron chi connectivity index (χ3n) is 4.89. The van der Waals surface area contributed by atoms with Crippen molar-refractivity contribution in [3.8, 4) is 11.1 Å². The molecule has 0 radical (unpaired) electrons. The Morgan fingerprint density at radius 1 is 1.00 bits per heavy atom. The fourth-order valence-corrected chi connectivity index (χ4v) is 3.79. The zero-order valence-electron chi connectivity index (χ0n) is 13.7. The highest BCUT2D eigenvalue weighted by Crippen LogP contribution is 2.52. The second-order valence-electron chi connectivity index (χ2n) is 5.98. The van der Waals surface area contributed by atoms with Gasteiger partial charge in [0.05, 0.1) is 0 Å². The first kappa shape index (κ1) is 17.1. The maximum Gasteiger partial charge on any atom is 0.330 e. The van der Waals surface area contributed by atoms with Crippen molar-refractivity contribution in [1.29, 1.82) is 0 Å². The van der Waals surface area contributed by atoms with E-state index in [1.807, 2.05) is 6.92 Å². The van der Waals surface area contributed by atoms with Gasteiger partial charge in [-0.25, -0.2) is 8.78 Å². The van der Waals surface area contributed by atoms with Crippen molar-refractivity contribution in [3.63, 3.8) is 0 Å². The smallest absolute Gasteiger partial charge is 0.330 e. The third-order valence-corrected chi connectivity index (χ3v) is 4.89. The van der Waals surface area contributed by atoms with Crippen molar-refractivity contribution in [1.82, 2.24) is 0 Å². The maximum atomic E-state index is 15.3. The maximum absolute atomic E-state index is 15.3. The Balaban J connectivity index is 2.59. The van der Waals surface area contributed by atoms with Crippen LogP contribution in [0.25, 0.3) is 11.1 Å². The lowest BCUT2D eigenvalue weighted by molar-refractivity contribution is -0.155. The zero-order valence-corrected chi connectivity index (χ0v) is 13.7. The van der Waals surface area contributed by atoms with Crippen molar-refractivity contribution >= 4 is 11.9 Å². The number of rotatable bonds is 4. The fraction of sp³-hybridized carbons (Fsp3) is 0.263. The summed E-state index contributed by atoms with van der Waals surface area (Å²) in [6.07, 6.45) is 0.765. The van der Waals surface area contributed by atoms with Crippen LogP contribution in [0.15, 0.2) is 24.3 Å². The van der Waals surface area contributed by atoms with E-state index in [1.165, 1.54) is 12.1 Å². The van der Waals surface area contributed by atoms with E-state index in [0.29, 0.717) is 12.0 Å². The fourth-order valence-electron chi connectivity index (χ4n) is 3.79. The number of benzene rings is 2. The summed E-state index contributed by atoms with van der Waals surface area (Å²) in [7, 11) is 0. The molecular weight excluding hydrogens is 330 g/mol. The lowest BCUT2D eigenvalue weighted by Gasteiger charge is -2.24. The number of carboxylic acid groups (broad SMARTS) is 2. The summed E-state index contributed by atoms with van der Waals surface area (Å²) in [5.74, 6) is -5.48. The van der Waals surface area contributed by atoms with Crippen LogP contribution in [0.4, 0.5) is 8.78 Å². The highest BCUT2D eigenvalue weighted by molar-refractivity contribution is 6.14. The van der Waals surface area contributed by atoms with Gasteiger partial charge in [-0.3, -0.25) is 9.59 Å². The number of carbonyl (C=O) groups is 2. The first-order valence-electron chi connectivity index (χ1n) is 7.93. The Bertz CT molecular complexity index is 904. The number of halogens is 2. The van der Waals surface area contributed by atoms with Gasteiger partial charge in [0.2, 0.25) is 5.41 Å². The molecule has 0 unspecified atom stereocenters. The predicted molar refractivity (Wildman–Crippen MR) is 86.6 cm³/mol. The lowest BCUT2D eigenvalue weighted by Crippen LogP contribution is -2.44. The normalized spacial score (nSPS) is 14.1. The van der Waals surface area contributed by atoms with Crippen LogP contribution < -0.4 is 0 Å². The van der Waals surface area contributed by atoms with Gasteiger partial charge in [0.15, 0.2) is 0 Å². The van der Waals surface area contributed by atoms with Crippen molar-refractivity contribution in [2.24, 2.45) is 0 Å². The molecule has 0 amide bonds. The molecule has 4 nitrogen and oxygen atoms in total. The Morgan fingerprint density at radius 2 is 1.64 bits per heavy atom. The topological polar surface area (TPSA) is 74.6 Å². The molecule has 0 spiro atoms. The minimum absolute atomic E-state index is 0.107. The number of aryl methyl sites for hydroxylation is 1. The summed E-state index contributed by atoms with van der Waals surface area (Å²) in [5.41, 5.74) is -2.64. The minimum atomic E-state index is -2.80. The van der Waals surface area contributed by atoms with Crippen LogP contribution in [-0.2, 0) is 27.8 Å². The van der Waals surface area contributed by atoms with Crippen LogP contribution in [0.5, 0.6) is 0 Å². The molecule has 1 aliphatic carbocycles. The average molecular weight is 346 g/mol. The summed E-state index contributed by atoms with van der Waals surface area (Å²) >= 11 is 0. The average Bonchev–Trinajstić information content (AvgIpc) is 2.88. The number of fused-ring (bicyclic) bond motifs is 3. The van der Waals surface area contributed by atoms with Crippen molar-refractivity contribution < 1.29 is 28.6 Å². The summed E-state index contributed by atoms with van der Waals surface area (Å²) in [6, 6.07) is 5.36. The van der Waals surface area contributed by atoms with E-state index in [2.05, 4.69) is 0 Å². The molecule has 2 N–H and O–H groups in total. The van der Waals surface area contributed by atoms with E-state index in [1.54, 1.807) is 13.0 Å². The monoisotopic (exact) mass is 346 g/mol. The van der Waals surface area contributed by atoms with Gasteiger partial charge in [0, 0.05) is 11.1 Å². The highest BCUT2D eigenvalue weighted by Gasteiger charge is 2.59. The molecule has 0 saturated carbocycles. The van der Waals surface area contributed by atoms with Gasteiger partial charge < -0.3 is 10.2 Å². The molecule has 3 rings (SSSR count). The summed E-state index contributed by atoms with van der Waals surface area (Å²) in [4.78, 5) is 24.1. The molecule has 25 heavy (non-hydrogen) atoms. The Labute approximate surface area is 142 Å². The predicted octanol–water partition coefficient (Wildman–Crippen LogP) is 3.53. The lowest BCUT2D eigenvalue weighted by atomic mass is 9.76. The number of hydrogen-bond donors (Lipinski definition) is 2. The van der Waals surface area contributed by atoms with Gasteiger partial charge in [-0.2, -0.15) is 0 Å². The molecule has 6 heteroatoms. The molecule has 1 aliphatic rings. The van der Waals surface area contributed by atoms with Gasteiger partial charge in [-0.05, 0) is 41.2 Å². The van der Waals surface area contributed by atoms with E-state index in [0.717, 1.165) is 6.07 Å². The molecular formula is C19H16F2O4. The van der Waals surface area contributed by atoms with Gasteiger partial charge in [0.25, 0.3) is 0 Å². The van der Waals surface area contributed by atoms with E-state index in [-0.39, 0.29) is 23.1 Å². The minimum Gasteiger partial charge on any atom is -0.480 e. The van der Waals surface area contributed by atoms with Crippen molar-refractivity contribution in [2.45, 2.75) is 32.1 Å². The Kier molecular flexibility index (Phi) is 3.86. The molecule has 0 atom stereocenters. The van der Waals surface area contributed by atoms with Gasteiger partial charge in [-0.15, -0.1) is 0 Å². The quantitative estimate of drug-likeness (QED) is 0.831.